The van der Waals surface area contributed by atoms with E-state index in [2.05, 4.69) is 45.2 Å². The van der Waals surface area contributed by atoms with Crippen molar-refractivity contribution in [1.82, 2.24) is 0 Å². The van der Waals surface area contributed by atoms with Gasteiger partial charge >= 0.3 is 0 Å². The molecule has 0 bridgehead atoms. The minimum atomic E-state index is 1.05. The molecule has 0 radical (unpaired) electrons. The zero-order valence-corrected chi connectivity index (χ0v) is 13.5. The monoisotopic (exact) mass is 248 g/mol. The zero-order chi connectivity index (χ0) is 15.0. The summed E-state index contributed by atoms with van der Waals surface area (Å²) in [6.07, 6.45) is 11.2. The molecule has 0 amide bonds. The minimum absolute atomic E-state index is 1.05. The highest BCUT2D eigenvalue weighted by molar-refractivity contribution is 5.42. The van der Waals surface area contributed by atoms with Crippen molar-refractivity contribution in [3.8, 4) is 0 Å². The highest BCUT2D eigenvalue weighted by Crippen LogP contribution is 2.12. The maximum atomic E-state index is 3.78. The highest BCUT2D eigenvalue weighted by atomic mass is 14.0. The van der Waals surface area contributed by atoms with Crippen molar-refractivity contribution in [2.24, 2.45) is 0 Å². The molecule has 0 heteroatoms. The van der Waals surface area contributed by atoms with Crippen LogP contribution in [0.1, 0.15) is 54.9 Å². The molecule has 0 rings (SSSR count). The molecule has 0 saturated heterocycles. The summed E-state index contributed by atoms with van der Waals surface area (Å²) in [6, 6.07) is 0. The van der Waals surface area contributed by atoms with Crippen molar-refractivity contribution < 1.29 is 0 Å². The second-order valence-corrected chi connectivity index (χ2v) is 3.25. The Hall–Kier alpha value is -1.30. The number of hydrogen-bond acceptors (Lipinski definition) is 0. The first-order valence-electron chi connectivity index (χ1n) is 6.96. The Morgan fingerprint density at radius 3 is 1.78 bits per heavy atom. The Morgan fingerprint density at radius 1 is 0.944 bits per heavy atom. The van der Waals surface area contributed by atoms with Gasteiger partial charge in [0.25, 0.3) is 0 Å². The van der Waals surface area contributed by atoms with Crippen LogP contribution in [0.3, 0.4) is 0 Å². The fourth-order valence-corrected chi connectivity index (χ4v) is 0.960. The second-order valence-electron chi connectivity index (χ2n) is 3.25. The van der Waals surface area contributed by atoms with Crippen LogP contribution >= 0.6 is 0 Å². The molecule has 0 fully saturated rings. The molecule has 0 unspecified atom stereocenters. The largest absolute Gasteiger partial charge is 0.0988 e. The lowest BCUT2D eigenvalue weighted by Gasteiger charge is -2.00. The third kappa shape index (κ3) is 12.8. The standard InChI is InChI=1S/C14H20.2C2H6/c1-6-9-10-14(13(5)8-3)11-12(4)7-2;2*1-2/h7-11H,2-3,6H2,1,4-5H3;2*1-2H3/b10-9-,12-11-,14-13+;;. The molecule has 104 valence electrons. The van der Waals surface area contributed by atoms with Gasteiger partial charge in [-0.1, -0.05) is 83.7 Å². The topological polar surface area (TPSA) is 0 Å². The Balaban J connectivity index is -0.000000506. The van der Waals surface area contributed by atoms with Crippen molar-refractivity contribution in [2.75, 3.05) is 0 Å². The van der Waals surface area contributed by atoms with Gasteiger partial charge in [-0.3, -0.25) is 0 Å². The van der Waals surface area contributed by atoms with E-state index in [-0.39, 0.29) is 0 Å². The summed E-state index contributed by atoms with van der Waals surface area (Å²) in [7, 11) is 0. The lowest BCUT2D eigenvalue weighted by atomic mass is 10.1. The fourth-order valence-electron chi connectivity index (χ4n) is 0.960. The van der Waals surface area contributed by atoms with E-state index in [0.717, 1.165) is 6.42 Å². The molecule has 0 nitrogen and oxygen atoms in total. The maximum Gasteiger partial charge on any atom is -0.0228 e. The SMILES string of the molecule is C=C\C(C)=C/C(/C=C\CC)=C(\C)C=C.CC.CC. The van der Waals surface area contributed by atoms with Crippen LogP contribution in [-0.2, 0) is 0 Å². The average Bonchev–Trinajstić information content (AvgIpc) is 2.46. The molecule has 0 aliphatic rings. The smallest absolute Gasteiger partial charge is 0.0228 e. The van der Waals surface area contributed by atoms with Crippen molar-refractivity contribution in [1.29, 1.82) is 0 Å². The first-order valence-corrected chi connectivity index (χ1v) is 6.96. The van der Waals surface area contributed by atoms with Crippen LogP contribution < -0.4 is 0 Å². The molecule has 0 atom stereocenters. The molecule has 0 spiro atoms. The number of hydrogen-bond donors (Lipinski definition) is 0. The molecular weight excluding hydrogens is 216 g/mol. The summed E-state index contributed by atoms with van der Waals surface area (Å²) in [5.74, 6) is 0. The number of allylic oxidation sites excluding steroid dienone is 8. The predicted molar refractivity (Wildman–Crippen MR) is 89.0 cm³/mol. The lowest BCUT2D eigenvalue weighted by molar-refractivity contribution is 1.22. The zero-order valence-electron chi connectivity index (χ0n) is 13.5. The van der Waals surface area contributed by atoms with E-state index < -0.39 is 0 Å². The van der Waals surface area contributed by atoms with Crippen molar-refractivity contribution in [2.45, 2.75) is 54.9 Å². The van der Waals surface area contributed by atoms with Gasteiger partial charge in [0.1, 0.15) is 0 Å². The second kappa shape index (κ2) is 18.1. The van der Waals surface area contributed by atoms with E-state index in [4.69, 9.17) is 0 Å². The maximum absolute atomic E-state index is 3.78. The molecule has 0 N–H and O–H groups in total. The summed E-state index contributed by atoms with van der Waals surface area (Å²) < 4.78 is 0. The van der Waals surface area contributed by atoms with Crippen LogP contribution in [0.5, 0.6) is 0 Å². The molecular formula is C18H32. The minimum Gasteiger partial charge on any atom is -0.0988 e. The van der Waals surface area contributed by atoms with Gasteiger partial charge in [-0.15, -0.1) is 0 Å². The first kappa shape index (κ1) is 21.9. The summed E-state index contributed by atoms with van der Waals surface area (Å²) in [5, 5.41) is 0. The van der Waals surface area contributed by atoms with E-state index >= 15 is 0 Å². The van der Waals surface area contributed by atoms with Crippen LogP contribution in [-0.4, -0.2) is 0 Å². The molecule has 0 aromatic rings. The van der Waals surface area contributed by atoms with Gasteiger partial charge in [-0.25, -0.2) is 0 Å². The molecule has 0 aromatic heterocycles. The van der Waals surface area contributed by atoms with E-state index in [0.29, 0.717) is 0 Å². The van der Waals surface area contributed by atoms with Gasteiger partial charge in [0.2, 0.25) is 0 Å². The van der Waals surface area contributed by atoms with Crippen LogP contribution in [0.2, 0.25) is 0 Å². The van der Waals surface area contributed by atoms with Crippen LogP contribution in [0.25, 0.3) is 0 Å². The third-order valence-corrected chi connectivity index (χ3v) is 2.00. The van der Waals surface area contributed by atoms with E-state index in [1.807, 2.05) is 46.8 Å². The molecule has 0 saturated carbocycles. The Kier molecular flexibility index (Phi) is 22.0. The normalized spacial score (nSPS) is 11.6. The molecule has 0 heterocycles. The predicted octanol–water partition coefficient (Wildman–Crippen LogP) is 6.64. The Morgan fingerprint density at radius 2 is 1.44 bits per heavy atom. The number of rotatable bonds is 5. The summed E-state index contributed by atoms with van der Waals surface area (Å²) in [4.78, 5) is 0. The Bertz CT molecular complexity index is 285. The van der Waals surface area contributed by atoms with Crippen LogP contribution in [0.4, 0.5) is 0 Å². The van der Waals surface area contributed by atoms with E-state index in [9.17, 15) is 0 Å². The molecule has 0 aliphatic heterocycles. The summed E-state index contributed by atoms with van der Waals surface area (Å²) in [5.41, 5.74) is 3.57. The summed E-state index contributed by atoms with van der Waals surface area (Å²) in [6.45, 7) is 21.8. The highest BCUT2D eigenvalue weighted by Gasteiger charge is 1.92. The fraction of sp³-hybridized carbons (Fsp3) is 0.444. The van der Waals surface area contributed by atoms with Gasteiger partial charge < -0.3 is 0 Å². The van der Waals surface area contributed by atoms with Crippen LogP contribution in [0.15, 0.2) is 60.3 Å². The molecule has 0 aromatic carbocycles. The van der Waals surface area contributed by atoms with Crippen molar-refractivity contribution >= 4 is 0 Å². The van der Waals surface area contributed by atoms with Crippen molar-refractivity contribution in [3.63, 3.8) is 0 Å². The molecule has 18 heavy (non-hydrogen) atoms. The van der Waals surface area contributed by atoms with Gasteiger partial charge in [0, 0.05) is 0 Å². The third-order valence-electron chi connectivity index (χ3n) is 2.00. The quantitative estimate of drug-likeness (QED) is 0.478. The lowest BCUT2D eigenvalue weighted by Crippen LogP contribution is -1.80. The summed E-state index contributed by atoms with van der Waals surface area (Å²) >= 11 is 0. The van der Waals surface area contributed by atoms with Gasteiger partial charge in [0.05, 0.1) is 0 Å². The van der Waals surface area contributed by atoms with Gasteiger partial charge in [-0.2, -0.15) is 0 Å². The average molecular weight is 248 g/mol. The van der Waals surface area contributed by atoms with E-state index in [1.54, 1.807) is 0 Å². The van der Waals surface area contributed by atoms with Crippen LogP contribution in [0, 0.1) is 0 Å². The van der Waals surface area contributed by atoms with E-state index in [1.165, 1.54) is 16.7 Å². The van der Waals surface area contributed by atoms with Crippen molar-refractivity contribution in [3.05, 3.63) is 60.3 Å². The Labute approximate surface area is 116 Å². The van der Waals surface area contributed by atoms with Gasteiger partial charge in [-0.05, 0) is 31.4 Å². The van der Waals surface area contributed by atoms with Gasteiger partial charge in [0.15, 0.2) is 0 Å². The first-order chi connectivity index (χ1) is 8.65. The molecule has 0 aliphatic carbocycles.